The number of hydrogen-bond donors (Lipinski definition) is 1. The van der Waals surface area contributed by atoms with E-state index in [0.717, 1.165) is 16.1 Å². The number of likely N-dealkylation sites (N-methyl/N-ethyl adjacent to an activating group) is 1. The van der Waals surface area contributed by atoms with Gasteiger partial charge < -0.3 is 10.2 Å². The van der Waals surface area contributed by atoms with E-state index in [-0.39, 0.29) is 28.2 Å². The maximum atomic E-state index is 13.3. The van der Waals surface area contributed by atoms with Gasteiger partial charge in [0.2, 0.25) is 21.8 Å². The smallest absolute Gasteiger partial charge is 0.244 e. The number of carbonyl (C=O) groups is 2. The number of anilines is 1. The molecule has 32 heavy (non-hydrogen) atoms. The van der Waals surface area contributed by atoms with Gasteiger partial charge in [-0.15, -0.1) is 0 Å². The predicted molar refractivity (Wildman–Crippen MR) is 129 cm³/mol. The normalized spacial score (nSPS) is 12.2. The molecule has 0 bridgehead atoms. The molecule has 0 saturated carbocycles. The van der Waals surface area contributed by atoms with E-state index in [1.165, 1.54) is 30.1 Å². The van der Waals surface area contributed by atoms with Gasteiger partial charge in [-0.05, 0) is 36.6 Å². The van der Waals surface area contributed by atoms with Crippen molar-refractivity contribution in [3.05, 3.63) is 64.1 Å². The predicted octanol–water partition coefficient (Wildman–Crippen LogP) is 3.36. The minimum atomic E-state index is -3.82. The van der Waals surface area contributed by atoms with Crippen LogP contribution in [0.3, 0.4) is 0 Å². The van der Waals surface area contributed by atoms with Gasteiger partial charge in [-0.3, -0.25) is 13.9 Å². The van der Waals surface area contributed by atoms with E-state index < -0.39 is 28.5 Å². The zero-order valence-corrected chi connectivity index (χ0v) is 20.5. The van der Waals surface area contributed by atoms with Crippen LogP contribution in [0.2, 0.25) is 10.0 Å². The first-order chi connectivity index (χ1) is 15.1. The molecule has 2 rings (SSSR count). The highest BCUT2D eigenvalue weighted by Gasteiger charge is 2.31. The van der Waals surface area contributed by atoms with Crippen LogP contribution in [0.4, 0.5) is 5.69 Å². The first-order valence-electron chi connectivity index (χ1n) is 10.1. The van der Waals surface area contributed by atoms with Crippen molar-refractivity contribution >= 4 is 50.7 Å². The van der Waals surface area contributed by atoms with Crippen LogP contribution < -0.4 is 9.62 Å². The molecule has 0 fully saturated rings. The van der Waals surface area contributed by atoms with E-state index in [1.807, 2.05) is 30.3 Å². The van der Waals surface area contributed by atoms with Gasteiger partial charge in [0.05, 0.1) is 22.0 Å². The van der Waals surface area contributed by atoms with Gasteiger partial charge in [0.1, 0.15) is 12.6 Å². The fraction of sp³-hybridized carbons (Fsp3) is 0.364. The van der Waals surface area contributed by atoms with E-state index in [1.54, 1.807) is 6.92 Å². The van der Waals surface area contributed by atoms with E-state index in [0.29, 0.717) is 12.8 Å². The van der Waals surface area contributed by atoms with Gasteiger partial charge >= 0.3 is 0 Å². The number of sulfonamides is 1. The van der Waals surface area contributed by atoms with E-state index in [9.17, 15) is 18.0 Å². The molecule has 1 N–H and O–H groups in total. The summed E-state index contributed by atoms with van der Waals surface area (Å²) in [5.41, 5.74) is 1.22. The van der Waals surface area contributed by atoms with Gasteiger partial charge in [0.15, 0.2) is 0 Å². The monoisotopic (exact) mass is 499 g/mol. The summed E-state index contributed by atoms with van der Waals surface area (Å²) in [6.07, 6.45) is 1.91. The summed E-state index contributed by atoms with van der Waals surface area (Å²) in [6, 6.07) is 13.2. The highest BCUT2D eigenvalue weighted by atomic mass is 35.5. The topological polar surface area (TPSA) is 86.8 Å². The number of halogens is 2. The van der Waals surface area contributed by atoms with Crippen molar-refractivity contribution in [3.63, 3.8) is 0 Å². The fourth-order valence-corrected chi connectivity index (χ4v) is 4.45. The lowest BCUT2D eigenvalue weighted by Gasteiger charge is -2.32. The standard InChI is InChI=1S/C22H27Cl2N3O4S/c1-4-20(22(29)25-2)26(13-12-16-8-6-5-7-9-16)21(28)15-27(32(3,30)31)17-10-11-18(23)19(24)14-17/h5-11,14,20H,4,12-13,15H2,1-3H3,(H,25,29)/t20-/m1/s1. The second-order valence-corrected chi connectivity index (χ2v) is 9.95. The lowest BCUT2D eigenvalue weighted by Crippen LogP contribution is -2.52. The molecule has 0 aliphatic rings. The Morgan fingerprint density at radius 3 is 2.25 bits per heavy atom. The summed E-state index contributed by atoms with van der Waals surface area (Å²) in [5, 5.41) is 3.02. The molecule has 0 aliphatic heterocycles. The number of nitrogens with zero attached hydrogens (tertiary/aromatic N) is 2. The summed E-state index contributed by atoms with van der Waals surface area (Å²) in [7, 11) is -2.31. The fourth-order valence-electron chi connectivity index (χ4n) is 3.32. The van der Waals surface area contributed by atoms with Crippen LogP contribution >= 0.6 is 23.2 Å². The Morgan fingerprint density at radius 2 is 1.72 bits per heavy atom. The molecule has 0 aromatic heterocycles. The average Bonchev–Trinajstić information content (AvgIpc) is 2.76. The van der Waals surface area contributed by atoms with Crippen molar-refractivity contribution in [3.8, 4) is 0 Å². The minimum Gasteiger partial charge on any atom is -0.357 e. The van der Waals surface area contributed by atoms with Gasteiger partial charge in [-0.1, -0.05) is 60.5 Å². The molecule has 0 spiro atoms. The summed E-state index contributed by atoms with van der Waals surface area (Å²) < 4.78 is 26.0. The summed E-state index contributed by atoms with van der Waals surface area (Å²) in [6.45, 7) is 1.59. The van der Waals surface area contributed by atoms with E-state index in [2.05, 4.69) is 5.32 Å². The Balaban J connectivity index is 2.36. The summed E-state index contributed by atoms with van der Waals surface area (Å²) >= 11 is 12.0. The molecule has 0 aliphatic carbocycles. The maximum Gasteiger partial charge on any atom is 0.244 e. The summed E-state index contributed by atoms with van der Waals surface area (Å²) in [4.78, 5) is 27.2. The Morgan fingerprint density at radius 1 is 1.06 bits per heavy atom. The third-order valence-corrected chi connectivity index (χ3v) is 6.87. The quantitative estimate of drug-likeness (QED) is 0.542. The number of amides is 2. The molecule has 10 heteroatoms. The van der Waals surface area contributed by atoms with E-state index in [4.69, 9.17) is 23.2 Å². The molecular weight excluding hydrogens is 473 g/mol. The molecule has 2 amide bonds. The number of rotatable bonds is 10. The van der Waals surface area contributed by atoms with Gasteiger partial charge in [0.25, 0.3) is 0 Å². The van der Waals surface area contributed by atoms with Crippen molar-refractivity contribution in [1.29, 1.82) is 0 Å². The van der Waals surface area contributed by atoms with Gasteiger partial charge in [-0.25, -0.2) is 8.42 Å². The van der Waals surface area contributed by atoms with Crippen LogP contribution in [0.5, 0.6) is 0 Å². The number of carbonyl (C=O) groups excluding carboxylic acids is 2. The van der Waals surface area contributed by atoms with Crippen LogP contribution in [-0.2, 0) is 26.0 Å². The molecule has 1 atom stereocenters. The molecule has 0 heterocycles. The van der Waals surface area contributed by atoms with Crippen LogP contribution in [0, 0.1) is 0 Å². The lowest BCUT2D eigenvalue weighted by atomic mass is 10.1. The van der Waals surface area contributed by atoms with Gasteiger partial charge in [-0.2, -0.15) is 0 Å². The lowest BCUT2D eigenvalue weighted by molar-refractivity contribution is -0.139. The van der Waals surface area contributed by atoms with Gasteiger partial charge in [0, 0.05) is 13.6 Å². The third-order valence-electron chi connectivity index (χ3n) is 4.99. The van der Waals surface area contributed by atoms with Crippen molar-refractivity contribution in [2.75, 3.05) is 30.7 Å². The largest absolute Gasteiger partial charge is 0.357 e. The third kappa shape index (κ3) is 6.85. The molecule has 7 nitrogen and oxygen atoms in total. The SMILES string of the molecule is CC[C@H](C(=O)NC)N(CCc1ccccc1)C(=O)CN(c1ccc(Cl)c(Cl)c1)S(C)(=O)=O. The molecule has 0 saturated heterocycles. The number of benzene rings is 2. The summed E-state index contributed by atoms with van der Waals surface area (Å²) in [5.74, 6) is -0.803. The average molecular weight is 500 g/mol. The second-order valence-electron chi connectivity index (χ2n) is 7.23. The molecule has 2 aromatic carbocycles. The van der Waals surface area contributed by atoms with Crippen LogP contribution in [-0.4, -0.2) is 57.6 Å². The minimum absolute atomic E-state index is 0.169. The Kier molecular flexibility index (Phi) is 9.36. The molecule has 0 unspecified atom stereocenters. The van der Waals surface area contributed by atoms with Crippen LogP contribution in [0.1, 0.15) is 18.9 Å². The first-order valence-corrected chi connectivity index (χ1v) is 12.7. The second kappa shape index (κ2) is 11.5. The molecule has 2 aromatic rings. The number of hydrogen-bond acceptors (Lipinski definition) is 4. The Hall–Kier alpha value is -2.29. The number of nitrogens with one attached hydrogen (secondary N) is 1. The zero-order valence-electron chi connectivity index (χ0n) is 18.2. The highest BCUT2D eigenvalue weighted by molar-refractivity contribution is 7.92. The molecule has 174 valence electrons. The van der Waals surface area contributed by atoms with Crippen LogP contribution in [0.15, 0.2) is 48.5 Å². The molecular formula is C22H27Cl2N3O4S. The first kappa shape index (κ1) is 26.0. The van der Waals surface area contributed by atoms with Crippen molar-refractivity contribution < 1.29 is 18.0 Å². The van der Waals surface area contributed by atoms with E-state index >= 15 is 0 Å². The Labute approximate surface area is 199 Å². The van der Waals surface area contributed by atoms with Crippen LogP contribution in [0.25, 0.3) is 0 Å². The Bertz CT molecular complexity index is 1050. The van der Waals surface area contributed by atoms with Crippen molar-refractivity contribution in [2.24, 2.45) is 0 Å². The highest BCUT2D eigenvalue weighted by Crippen LogP contribution is 2.28. The maximum absolute atomic E-state index is 13.3. The van der Waals surface area contributed by atoms with Crippen molar-refractivity contribution in [2.45, 2.75) is 25.8 Å². The van der Waals surface area contributed by atoms with Crippen molar-refractivity contribution in [1.82, 2.24) is 10.2 Å². The zero-order chi connectivity index (χ0) is 23.9. The molecule has 0 radical (unpaired) electrons.